The Morgan fingerprint density at radius 2 is 2.25 bits per heavy atom. The van der Waals surface area contributed by atoms with Gasteiger partial charge in [0.05, 0.1) is 9.86 Å². The van der Waals surface area contributed by atoms with Crippen LogP contribution < -0.4 is 5.73 Å². The van der Waals surface area contributed by atoms with Crippen molar-refractivity contribution in [3.8, 4) is 0 Å². The fourth-order valence-electron chi connectivity index (χ4n) is 1.16. The Balaban J connectivity index is 2.92. The number of aryl methyl sites for hydroxylation is 1. The fourth-order valence-corrected chi connectivity index (χ4v) is 1.80. The molecule has 0 bridgehead atoms. The molecule has 0 atom stereocenters. The standard InChI is InChI=1S/C8H7BrN2O/c1-4-2-5-7(6(9)3-4)12-11-8(5)10/h2-3H,1H3,(H2,10,11). The summed E-state index contributed by atoms with van der Waals surface area (Å²) in [5, 5.41) is 4.53. The van der Waals surface area contributed by atoms with E-state index in [4.69, 9.17) is 10.3 Å². The van der Waals surface area contributed by atoms with Crippen LogP contribution in [-0.4, -0.2) is 5.16 Å². The van der Waals surface area contributed by atoms with Crippen molar-refractivity contribution < 1.29 is 4.52 Å². The van der Waals surface area contributed by atoms with Crippen LogP contribution in [0.4, 0.5) is 5.82 Å². The zero-order chi connectivity index (χ0) is 8.72. The Bertz CT molecular complexity index is 436. The quantitative estimate of drug-likeness (QED) is 0.752. The Hall–Kier alpha value is -1.03. The van der Waals surface area contributed by atoms with Gasteiger partial charge < -0.3 is 10.3 Å². The summed E-state index contributed by atoms with van der Waals surface area (Å²) in [4.78, 5) is 0. The van der Waals surface area contributed by atoms with Crippen LogP contribution in [0, 0.1) is 6.92 Å². The molecule has 62 valence electrons. The summed E-state index contributed by atoms with van der Waals surface area (Å²) in [6, 6.07) is 3.92. The molecule has 1 aromatic heterocycles. The van der Waals surface area contributed by atoms with Gasteiger partial charge in [0.1, 0.15) is 0 Å². The van der Waals surface area contributed by atoms with Crippen LogP contribution in [0.1, 0.15) is 5.56 Å². The molecule has 2 rings (SSSR count). The van der Waals surface area contributed by atoms with Crippen molar-refractivity contribution in [2.24, 2.45) is 0 Å². The van der Waals surface area contributed by atoms with Gasteiger partial charge in [0.25, 0.3) is 0 Å². The Morgan fingerprint density at radius 3 is 3.00 bits per heavy atom. The van der Waals surface area contributed by atoms with Crippen LogP contribution in [0.5, 0.6) is 0 Å². The second-order valence-electron chi connectivity index (χ2n) is 2.69. The molecule has 0 radical (unpaired) electrons. The molecule has 4 heteroatoms. The van der Waals surface area contributed by atoms with Gasteiger partial charge in [-0.25, -0.2) is 0 Å². The number of anilines is 1. The van der Waals surface area contributed by atoms with Crippen molar-refractivity contribution in [3.63, 3.8) is 0 Å². The monoisotopic (exact) mass is 226 g/mol. The van der Waals surface area contributed by atoms with Gasteiger partial charge in [0.2, 0.25) is 0 Å². The fraction of sp³-hybridized carbons (Fsp3) is 0.125. The molecule has 0 saturated carbocycles. The van der Waals surface area contributed by atoms with Gasteiger partial charge in [0.15, 0.2) is 11.4 Å². The van der Waals surface area contributed by atoms with E-state index in [-0.39, 0.29) is 0 Å². The van der Waals surface area contributed by atoms with Crippen molar-refractivity contribution in [2.45, 2.75) is 6.92 Å². The SMILES string of the molecule is Cc1cc(Br)c2onc(N)c2c1. The number of nitrogen functional groups attached to an aromatic ring is 1. The third-order valence-corrected chi connectivity index (χ3v) is 2.29. The molecule has 1 aromatic carbocycles. The number of benzene rings is 1. The van der Waals surface area contributed by atoms with Crippen LogP contribution in [0.2, 0.25) is 0 Å². The van der Waals surface area contributed by atoms with Crippen molar-refractivity contribution >= 4 is 32.7 Å². The molecule has 0 amide bonds. The van der Waals surface area contributed by atoms with E-state index in [1.165, 1.54) is 0 Å². The van der Waals surface area contributed by atoms with Crippen LogP contribution in [-0.2, 0) is 0 Å². The van der Waals surface area contributed by atoms with Crippen molar-refractivity contribution in [1.29, 1.82) is 0 Å². The first-order valence-corrected chi connectivity index (χ1v) is 4.29. The molecular weight excluding hydrogens is 220 g/mol. The van der Waals surface area contributed by atoms with E-state index in [9.17, 15) is 0 Å². The third-order valence-electron chi connectivity index (χ3n) is 1.70. The molecule has 0 aliphatic heterocycles. The molecule has 0 aliphatic carbocycles. The summed E-state index contributed by atoms with van der Waals surface area (Å²) in [6.07, 6.45) is 0. The maximum atomic E-state index is 5.59. The first-order chi connectivity index (χ1) is 5.68. The van der Waals surface area contributed by atoms with Crippen LogP contribution in [0.15, 0.2) is 21.1 Å². The summed E-state index contributed by atoms with van der Waals surface area (Å²) < 4.78 is 5.90. The number of nitrogens with two attached hydrogens (primary N) is 1. The maximum absolute atomic E-state index is 5.59. The van der Waals surface area contributed by atoms with Gasteiger partial charge in [-0.15, -0.1) is 0 Å². The van der Waals surface area contributed by atoms with E-state index in [1.54, 1.807) is 0 Å². The Morgan fingerprint density at radius 1 is 1.50 bits per heavy atom. The first-order valence-electron chi connectivity index (χ1n) is 3.49. The normalized spacial score (nSPS) is 10.8. The molecule has 12 heavy (non-hydrogen) atoms. The topological polar surface area (TPSA) is 52.0 Å². The third kappa shape index (κ3) is 0.992. The van der Waals surface area contributed by atoms with Gasteiger partial charge >= 0.3 is 0 Å². The average Bonchev–Trinajstić information content (AvgIpc) is 2.33. The van der Waals surface area contributed by atoms with Gasteiger partial charge in [-0.05, 0) is 40.5 Å². The highest BCUT2D eigenvalue weighted by atomic mass is 79.9. The molecular formula is C8H7BrN2O. The minimum Gasteiger partial charge on any atom is -0.380 e. The molecule has 0 unspecified atom stereocenters. The zero-order valence-corrected chi connectivity index (χ0v) is 8.05. The number of hydrogen-bond donors (Lipinski definition) is 1. The lowest BCUT2D eigenvalue weighted by Crippen LogP contribution is -1.83. The average molecular weight is 227 g/mol. The summed E-state index contributed by atoms with van der Waals surface area (Å²) >= 11 is 3.37. The largest absolute Gasteiger partial charge is 0.380 e. The smallest absolute Gasteiger partial charge is 0.183 e. The first kappa shape index (κ1) is 7.61. The lowest BCUT2D eigenvalue weighted by molar-refractivity contribution is 0.459. The van der Waals surface area contributed by atoms with Crippen molar-refractivity contribution in [1.82, 2.24) is 5.16 Å². The summed E-state index contributed by atoms with van der Waals surface area (Å²) in [5.41, 5.74) is 7.42. The zero-order valence-electron chi connectivity index (χ0n) is 6.47. The highest BCUT2D eigenvalue weighted by Gasteiger charge is 2.08. The molecule has 1 heterocycles. The minimum absolute atomic E-state index is 0.439. The highest BCUT2D eigenvalue weighted by Crippen LogP contribution is 2.28. The number of fused-ring (bicyclic) bond motifs is 1. The minimum atomic E-state index is 0.439. The molecule has 0 spiro atoms. The van der Waals surface area contributed by atoms with Gasteiger partial charge in [0, 0.05) is 0 Å². The van der Waals surface area contributed by atoms with Crippen LogP contribution in [0.3, 0.4) is 0 Å². The second-order valence-corrected chi connectivity index (χ2v) is 3.55. The molecule has 2 N–H and O–H groups in total. The van der Waals surface area contributed by atoms with Crippen molar-refractivity contribution in [3.05, 3.63) is 22.2 Å². The lowest BCUT2D eigenvalue weighted by atomic mass is 10.2. The summed E-state index contributed by atoms with van der Waals surface area (Å²) in [5.74, 6) is 0.439. The molecule has 0 aliphatic rings. The number of hydrogen-bond acceptors (Lipinski definition) is 3. The van der Waals surface area contributed by atoms with E-state index in [1.807, 2.05) is 19.1 Å². The van der Waals surface area contributed by atoms with Gasteiger partial charge in [-0.2, -0.15) is 0 Å². The molecule has 3 nitrogen and oxygen atoms in total. The van der Waals surface area contributed by atoms with Crippen LogP contribution >= 0.6 is 15.9 Å². The maximum Gasteiger partial charge on any atom is 0.183 e. The second kappa shape index (κ2) is 2.48. The summed E-state index contributed by atoms with van der Waals surface area (Å²) in [7, 11) is 0. The number of halogens is 1. The number of nitrogens with zero attached hydrogens (tertiary/aromatic N) is 1. The van der Waals surface area contributed by atoms with Gasteiger partial charge in [-0.3, -0.25) is 0 Å². The predicted molar refractivity (Wildman–Crippen MR) is 50.9 cm³/mol. The summed E-state index contributed by atoms with van der Waals surface area (Å²) in [6.45, 7) is 2.00. The van der Waals surface area contributed by atoms with E-state index < -0.39 is 0 Å². The number of rotatable bonds is 0. The highest BCUT2D eigenvalue weighted by molar-refractivity contribution is 9.10. The van der Waals surface area contributed by atoms with E-state index in [2.05, 4.69) is 21.1 Å². The lowest BCUT2D eigenvalue weighted by Gasteiger charge is -1.94. The van der Waals surface area contributed by atoms with Crippen LogP contribution in [0.25, 0.3) is 11.0 Å². The van der Waals surface area contributed by atoms with E-state index in [0.29, 0.717) is 11.4 Å². The number of aromatic nitrogens is 1. The molecule has 0 saturated heterocycles. The molecule has 0 fully saturated rings. The predicted octanol–water partition coefficient (Wildman–Crippen LogP) is 2.48. The van der Waals surface area contributed by atoms with Gasteiger partial charge in [-0.1, -0.05) is 5.16 Å². The Labute approximate surface area is 77.7 Å². The van der Waals surface area contributed by atoms with E-state index in [0.717, 1.165) is 15.4 Å². The van der Waals surface area contributed by atoms with E-state index >= 15 is 0 Å². The van der Waals surface area contributed by atoms with Crippen molar-refractivity contribution in [2.75, 3.05) is 5.73 Å². The Kier molecular flexibility index (Phi) is 1.58. The molecule has 2 aromatic rings.